The van der Waals surface area contributed by atoms with Crippen molar-refractivity contribution in [2.24, 2.45) is 0 Å². The second kappa shape index (κ2) is 6.76. The Labute approximate surface area is 133 Å². The maximum absolute atomic E-state index is 12.0. The Kier molecular flexibility index (Phi) is 5.02. The molecule has 0 aliphatic carbocycles. The average molecular weight is 347 g/mol. The molecule has 0 aliphatic rings. The molecule has 3 nitrogen and oxygen atoms in total. The van der Waals surface area contributed by atoms with Crippen LogP contribution in [0.25, 0.3) is 0 Å². The summed E-state index contributed by atoms with van der Waals surface area (Å²) >= 11 is 3.48. The van der Waals surface area contributed by atoms with E-state index in [1.807, 2.05) is 51.1 Å². The molecule has 0 aliphatic heterocycles. The molecule has 0 heterocycles. The molecular weight excluding hydrogens is 328 g/mol. The van der Waals surface area contributed by atoms with E-state index in [1.165, 1.54) is 11.1 Å². The Morgan fingerprint density at radius 1 is 1.05 bits per heavy atom. The molecule has 2 rings (SSSR count). The second-order valence-corrected chi connectivity index (χ2v) is 6.04. The van der Waals surface area contributed by atoms with Crippen LogP contribution in [0.4, 0.5) is 11.4 Å². The summed E-state index contributed by atoms with van der Waals surface area (Å²) in [5, 5.41) is 6.04. The molecular formula is C17H19BrN2O. The van der Waals surface area contributed by atoms with E-state index in [0.29, 0.717) is 0 Å². The SMILES string of the molecule is Cc1ccc(NC(=O)CNc2ccc(C)c(Br)c2)c(C)c1. The number of hydrogen-bond donors (Lipinski definition) is 2. The van der Waals surface area contributed by atoms with Crippen LogP contribution in [0.3, 0.4) is 0 Å². The molecule has 0 saturated carbocycles. The van der Waals surface area contributed by atoms with Crippen molar-refractivity contribution in [1.82, 2.24) is 0 Å². The molecule has 2 N–H and O–H groups in total. The van der Waals surface area contributed by atoms with Crippen LogP contribution < -0.4 is 10.6 Å². The lowest BCUT2D eigenvalue weighted by Gasteiger charge is -2.11. The molecule has 0 radical (unpaired) electrons. The van der Waals surface area contributed by atoms with E-state index >= 15 is 0 Å². The molecule has 2 aromatic rings. The third-order valence-electron chi connectivity index (χ3n) is 3.28. The van der Waals surface area contributed by atoms with Gasteiger partial charge in [0, 0.05) is 15.8 Å². The van der Waals surface area contributed by atoms with Crippen LogP contribution in [-0.4, -0.2) is 12.5 Å². The number of carbonyl (C=O) groups excluding carboxylic acids is 1. The minimum atomic E-state index is -0.0568. The maximum atomic E-state index is 12.0. The van der Waals surface area contributed by atoms with Crippen LogP contribution in [-0.2, 0) is 4.79 Å². The summed E-state index contributed by atoms with van der Waals surface area (Å²) in [5.41, 5.74) is 5.20. The number of carbonyl (C=O) groups is 1. The molecule has 2 aromatic carbocycles. The average Bonchev–Trinajstić information content (AvgIpc) is 2.43. The number of anilines is 2. The fourth-order valence-corrected chi connectivity index (χ4v) is 2.41. The van der Waals surface area contributed by atoms with Crippen LogP contribution >= 0.6 is 15.9 Å². The molecule has 1 amide bonds. The third-order valence-corrected chi connectivity index (χ3v) is 4.14. The van der Waals surface area contributed by atoms with E-state index in [4.69, 9.17) is 0 Å². The smallest absolute Gasteiger partial charge is 0.243 e. The highest BCUT2D eigenvalue weighted by atomic mass is 79.9. The minimum absolute atomic E-state index is 0.0568. The number of amides is 1. The Balaban J connectivity index is 1.94. The summed E-state index contributed by atoms with van der Waals surface area (Å²) in [6.07, 6.45) is 0. The van der Waals surface area contributed by atoms with Crippen molar-refractivity contribution in [2.75, 3.05) is 17.2 Å². The predicted molar refractivity (Wildman–Crippen MR) is 91.9 cm³/mol. The molecule has 0 atom stereocenters. The lowest BCUT2D eigenvalue weighted by atomic mass is 10.1. The highest BCUT2D eigenvalue weighted by Crippen LogP contribution is 2.20. The maximum Gasteiger partial charge on any atom is 0.243 e. The van der Waals surface area contributed by atoms with Gasteiger partial charge in [0.15, 0.2) is 0 Å². The fourth-order valence-electron chi connectivity index (χ4n) is 2.03. The van der Waals surface area contributed by atoms with Crippen molar-refractivity contribution in [3.8, 4) is 0 Å². The molecule has 0 saturated heterocycles. The van der Waals surface area contributed by atoms with Crippen molar-refractivity contribution in [2.45, 2.75) is 20.8 Å². The number of benzene rings is 2. The quantitative estimate of drug-likeness (QED) is 0.859. The van der Waals surface area contributed by atoms with Crippen molar-refractivity contribution >= 4 is 33.2 Å². The molecule has 0 fully saturated rings. The van der Waals surface area contributed by atoms with Gasteiger partial charge in [0.2, 0.25) is 5.91 Å². The van der Waals surface area contributed by atoms with Crippen molar-refractivity contribution in [3.05, 3.63) is 57.6 Å². The highest BCUT2D eigenvalue weighted by Gasteiger charge is 2.05. The van der Waals surface area contributed by atoms with Gasteiger partial charge < -0.3 is 10.6 Å². The van der Waals surface area contributed by atoms with Gasteiger partial charge in [-0.3, -0.25) is 4.79 Å². The standard InChI is InChI=1S/C17H19BrN2O/c1-11-4-7-16(13(3)8-11)20-17(21)10-19-14-6-5-12(2)15(18)9-14/h4-9,19H,10H2,1-3H3,(H,20,21). The van der Waals surface area contributed by atoms with Gasteiger partial charge in [-0.2, -0.15) is 0 Å². The van der Waals surface area contributed by atoms with Crippen LogP contribution in [0, 0.1) is 20.8 Å². The van der Waals surface area contributed by atoms with Crippen molar-refractivity contribution in [1.29, 1.82) is 0 Å². The molecule has 0 spiro atoms. The van der Waals surface area contributed by atoms with Gasteiger partial charge in [-0.15, -0.1) is 0 Å². The number of halogens is 1. The first-order chi connectivity index (χ1) is 9.95. The lowest BCUT2D eigenvalue weighted by Crippen LogP contribution is -2.22. The molecule has 21 heavy (non-hydrogen) atoms. The van der Waals surface area contributed by atoms with Crippen molar-refractivity contribution in [3.63, 3.8) is 0 Å². The first kappa shape index (κ1) is 15.6. The summed E-state index contributed by atoms with van der Waals surface area (Å²) in [7, 11) is 0. The van der Waals surface area contributed by atoms with E-state index in [9.17, 15) is 4.79 Å². The first-order valence-corrected chi connectivity index (χ1v) is 7.62. The van der Waals surface area contributed by atoms with Gasteiger partial charge >= 0.3 is 0 Å². The van der Waals surface area contributed by atoms with E-state index in [0.717, 1.165) is 21.4 Å². The summed E-state index contributed by atoms with van der Waals surface area (Å²) in [6.45, 7) is 6.30. The highest BCUT2D eigenvalue weighted by molar-refractivity contribution is 9.10. The summed E-state index contributed by atoms with van der Waals surface area (Å²) in [6, 6.07) is 11.9. The van der Waals surface area contributed by atoms with Crippen LogP contribution in [0.2, 0.25) is 0 Å². The Bertz CT molecular complexity index is 668. The molecule has 4 heteroatoms. The van der Waals surface area contributed by atoms with Crippen molar-refractivity contribution < 1.29 is 4.79 Å². The molecule has 0 bridgehead atoms. The Morgan fingerprint density at radius 2 is 1.81 bits per heavy atom. The minimum Gasteiger partial charge on any atom is -0.376 e. The van der Waals surface area contributed by atoms with Crippen LogP contribution in [0.1, 0.15) is 16.7 Å². The number of aryl methyl sites for hydroxylation is 3. The largest absolute Gasteiger partial charge is 0.376 e. The zero-order valence-corrected chi connectivity index (χ0v) is 14.0. The summed E-state index contributed by atoms with van der Waals surface area (Å²) in [4.78, 5) is 12.0. The lowest BCUT2D eigenvalue weighted by molar-refractivity contribution is -0.114. The Hall–Kier alpha value is -1.81. The van der Waals surface area contributed by atoms with E-state index < -0.39 is 0 Å². The predicted octanol–water partition coefficient (Wildman–Crippen LogP) is 4.42. The summed E-state index contributed by atoms with van der Waals surface area (Å²) < 4.78 is 1.03. The van der Waals surface area contributed by atoms with Gasteiger partial charge in [0.25, 0.3) is 0 Å². The zero-order valence-electron chi connectivity index (χ0n) is 12.5. The third kappa shape index (κ3) is 4.33. The number of hydrogen-bond acceptors (Lipinski definition) is 2. The van der Waals surface area contributed by atoms with Gasteiger partial charge in [-0.1, -0.05) is 39.7 Å². The Morgan fingerprint density at radius 3 is 2.48 bits per heavy atom. The second-order valence-electron chi connectivity index (χ2n) is 5.18. The molecule has 0 unspecified atom stereocenters. The van der Waals surface area contributed by atoms with E-state index in [1.54, 1.807) is 0 Å². The monoisotopic (exact) mass is 346 g/mol. The molecule has 0 aromatic heterocycles. The van der Waals surface area contributed by atoms with E-state index in [-0.39, 0.29) is 12.5 Å². The number of rotatable bonds is 4. The van der Waals surface area contributed by atoms with Gasteiger partial charge in [-0.05, 0) is 50.1 Å². The summed E-state index contributed by atoms with van der Waals surface area (Å²) in [5.74, 6) is -0.0568. The number of nitrogens with one attached hydrogen (secondary N) is 2. The van der Waals surface area contributed by atoms with Crippen LogP contribution in [0.5, 0.6) is 0 Å². The van der Waals surface area contributed by atoms with Gasteiger partial charge in [0.05, 0.1) is 6.54 Å². The molecule has 110 valence electrons. The topological polar surface area (TPSA) is 41.1 Å². The van der Waals surface area contributed by atoms with Gasteiger partial charge in [0.1, 0.15) is 0 Å². The fraction of sp³-hybridized carbons (Fsp3) is 0.235. The van der Waals surface area contributed by atoms with Gasteiger partial charge in [-0.25, -0.2) is 0 Å². The normalized spacial score (nSPS) is 10.3. The van der Waals surface area contributed by atoms with E-state index in [2.05, 4.69) is 32.6 Å². The van der Waals surface area contributed by atoms with Crippen LogP contribution in [0.15, 0.2) is 40.9 Å². The first-order valence-electron chi connectivity index (χ1n) is 6.83. The zero-order chi connectivity index (χ0) is 15.4.